The van der Waals surface area contributed by atoms with Crippen LogP contribution in [0.1, 0.15) is 39.7 Å². The molecule has 3 nitrogen and oxygen atoms in total. The maximum atomic E-state index is 5.71. The van der Waals surface area contributed by atoms with Gasteiger partial charge in [0.05, 0.1) is 11.7 Å². The van der Waals surface area contributed by atoms with E-state index >= 15 is 0 Å². The Kier molecular flexibility index (Phi) is 3.32. The Morgan fingerprint density at radius 2 is 2.14 bits per heavy atom. The summed E-state index contributed by atoms with van der Waals surface area (Å²) in [5.41, 5.74) is 7.06. The largest absolute Gasteiger partial charge is 0.328 e. The molecule has 14 heavy (non-hydrogen) atoms. The molecule has 1 rings (SSSR count). The van der Waals surface area contributed by atoms with E-state index in [1.54, 1.807) is 0 Å². The quantitative estimate of drug-likeness (QED) is 0.800. The third-order valence-electron chi connectivity index (χ3n) is 2.21. The highest BCUT2D eigenvalue weighted by Crippen LogP contribution is 2.14. The van der Waals surface area contributed by atoms with Gasteiger partial charge in [0.2, 0.25) is 0 Å². The first-order valence-corrected chi connectivity index (χ1v) is 5.19. The monoisotopic (exact) mass is 195 g/mol. The molecule has 0 aliphatic heterocycles. The van der Waals surface area contributed by atoms with E-state index in [2.05, 4.69) is 32.1 Å². The fraction of sp³-hybridized carbons (Fsp3) is 0.727. The van der Waals surface area contributed by atoms with Crippen LogP contribution < -0.4 is 5.73 Å². The molecule has 0 aliphatic rings. The minimum Gasteiger partial charge on any atom is -0.328 e. The summed E-state index contributed by atoms with van der Waals surface area (Å²) in [4.78, 5) is 0. The number of aryl methyl sites for hydroxylation is 1. The van der Waals surface area contributed by atoms with Crippen molar-refractivity contribution in [1.29, 1.82) is 0 Å². The lowest BCUT2D eigenvalue weighted by atomic mass is 10.1. The van der Waals surface area contributed by atoms with Crippen molar-refractivity contribution >= 4 is 0 Å². The number of hydrogen-bond acceptors (Lipinski definition) is 2. The number of hydrogen-bond donors (Lipinski definition) is 1. The highest BCUT2D eigenvalue weighted by Gasteiger charge is 2.13. The van der Waals surface area contributed by atoms with E-state index in [1.807, 2.05) is 17.8 Å². The molecule has 0 amide bonds. The second-order valence-corrected chi connectivity index (χ2v) is 4.98. The number of rotatable bonds is 3. The lowest BCUT2D eigenvalue weighted by Crippen LogP contribution is -2.22. The van der Waals surface area contributed by atoms with Gasteiger partial charge in [0.25, 0.3) is 0 Å². The molecule has 0 spiro atoms. The molecular weight excluding hydrogens is 174 g/mol. The molecule has 0 aromatic carbocycles. The van der Waals surface area contributed by atoms with Gasteiger partial charge in [0.15, 0.2) is 0 Å². The van der Waals surface area contributed by atoms with Crippen molar-refractivity contribution in [2.75, 3.05) is 0 Å². The first-order chi connectivity index (χ1) is 6.39. The Morgan fingerprint density at radius 1 is 1.50 bits per heavy atom. The van der Waals surface area contributed by atoms with Gasteiger partial charge < -0.3 is 5.73 Å². The molecule has 0 saturated heterocycles. The van der Waals surface area contributed by atoms with E-state index in [-0.39, 0.29) is 11.6 Å². The molecule has 0 fully saturated rings. The summed E-state index contributed by atoms with van der Waals surface area (Å²) in [6, 6.07) is 0.271. The van der Waals surface area contributed by atoms with Gasteiger partial charge in [-0.15, -0.1) is 0 Å². The lowest BCUT2D eigenvalue weighted by molar-refractivity contribution is 0.355. The van der Waals surface area contributed by atoms with Crippen molar-refractivity contribution in [3.63, 3.8) is 0 Å². The number of nitrogens with zero attached hydrogens (tertiary/aromatic N) is 2. The highest BCUT2D eigenvalue weighted by atomic mass is 15.3. The third-order valence-corrected chi connectivity index (χ3v) is 2.21. The molecule has 1 unspecified atom stereocenters. The van der Waals surface area contributed by atoms with Crippen LogP contribution in [0.3, 0.4) is 0 Å². The van der Waals surface area contributed by atoms with Crippen LogP contribution in [-0.2, 0) is 12.0 Å². The molecule has 2 N–H and O–H groups in total. The number of aromatic nitrogens is 2. The summed E-state index contributed by atoms with van der Waals surface area (Å²) < 4.78 is 2.00. The molecule has 1 aromatic rings. The van der Waals surface area contributed by atoms with Gasteiger partial charge in [-0.2, -0.15) is 5.10 Å². The zero-order valence-electron chi connectivity index (χ0n) is 9.62. The van der Waals surface area contributed by atoms with Gasteiger partial charge in [-0.1, -0.05) is 0 Å². The molecule has 1 aromatic heterocycles. The molecule has 0 bridgehead atoms. The van der Waals surface area contributed by atoms with E-state index in [4.69, 9.17) is 5.73 Å². The van der Waals surface area contributed by atoms with Crippen molar-refractivity contribution < 1.29 is 0 Å². The summed E-state index contributed by atoms with van der Waals surface area (Å²) in [5.74, 6) is 0. The van der Waals surface area contributed by atoms with Crippen molar-refractivity contribution in [2.24, 2.45) is 5.73 Å². The Balaban J connectivity index is 2.60. The highest BCUT2D eigenvalue weighted by molar-refractivity contribution is 5.05. The van der Waals surface area contributed by atoms with Crippen LogP contribution in [0.5, 0.6) is 0 Å². The second kappa shape index (κ2) is 4.13. The van der Waals surface area contributed by atoms with Crippen LogP contribution in [0.25, 0.3) is 0 Å². The smallest absolute Gasteiger partial charge is 0.0543 e. The van der Waals surface area contributed by atoms with Crippen LogP contribution in [0.2, 0.25) is 0 Å². The minimum absolute atomic E-state index is 0.0760. The maximum absolute atomic E-state index is 5.71. The molecule has 1 atom stereocenters. The fourth-order valence-corrected chi connectivity index (χ4v) is 1.25. The van der Waals surface area contributed by atoms with Crippen molar-refractivity contribution in [3.05, 3.63) is 18.0 Å². The average Bonchev–Trinajstić information content (AvgIpc) is 2.47. The van der Waals surface area contributed by atoms with E-state index in [0.29, 0.717) is 0 Å². The SMILES string of the molecule is CC(N)CCc1cnn(C(C)(C)C)c1. The van der Waals surface area contributed by atoms with E-state index < -0.39 is 0 Å². The topological polar surface area (TPSA) is 43.8 Å². The summed E-state index contributed by atoms with van der Waals surface area (Å²) in [6.45, 7) is 8.48. The van der Waals surface area contributed by atoms with E-state index in [1.165, 1.54) is 5.56 Å². The van der Waals surface area contributed by atoms with Gasteiger partial charge in [0.1, 0.15) is 0 Å². The van der Waals surface area contributed by atoms with Crippen LogP contribution in [0.15, 0.2) is 12.4 Å². The van der Waals surface area contributed by atoms with E-state index in [9.17, 15) is 0 Å². The maximum Gasteiger partial charge on any atom is 0.0543 e. The predicted molar refractivity (Wildman–Crippen MR) is 59.2 cm³/mol. The Bertz CT molecular complexity index is 281. The first-order valence-electron chi connectivity index (χ1n) is 5.19. The molecule has 0 saturated carbocycles. The zero-order chi connectivity index (χ0) is 10.8. The minimum atomic E-state index is 0.0760. The van der Waals surface area contributed by atoms with Gasteiger partial charge in [-0.3, -0.25) is 4.68 Å². The molecule has 3 heteroatoms. The second-order valence-electron chi connectivity index (χ2n) is 4.98. The summed E-state index contributed by atoms with van der Waals surface area (Å²) >= 11 is 0. The Morgan fingerprint density at radius 3 is 2.57 bits per heavy atom. The van der Waals surface area contributed by atoms with Crippen LogP contribution in [0, 0.1) is 0 Å². The Labute approximate surface area is 86.3 Å². The van der Waals surface area contributed by atoms with Crippen LogP contribution in [-0.4, -0.2) is 15.8 Å². The molecule has 1 heterocycles. The molecule has 0 aliphatic carbocycles. The fourth-order valence-electron chi connectivity index (χ4n) is 1.25. The summed E-state index contributed by atoms with van der Waals surface area (Å²) in [5, 5.41) is 4.34. The van der Waals surface area contributed by atoms with Crippen molar-refractivity contribution in [3.8, 4) is 0 Å². The molecule has 0 radical (unpaired) electrons. The van der Waals surface area contributed by atoms with Gasteiger partial charge >= 0.3 is 0 Å². The normalized spacial score (nSPS) is 14.4. The van der Waals surface area contributed by atoms with Crippen molar-refractivity contribution in [2.45, 2.75) is 52.1 Å². The van der Waals surface area contributed by atoms with E-state index in [0.717, 1.165) is 12.8 Å². The van der Waals surface area contributed by atoms with Crippen LogP contribution >= 0.6 is 0 Å². The van der Waals surface area contributed by atoms with Gasteiger partial charge in [-0.05, 0) is 46.1 Å². The first kappa shape index (κ1) is 11.2. The van der Waals surface area contributed by atoms with Gasteiger partial charge in [-0.25, -0.2) is 0 Å². The summed E-state index contributed by atoms with van der Waals surface area (Å²) in [7, 11) is 0. The Hall–Kier alpha value is -0.830. The summed E-state index contributed by atoms with van der Waals surface area (Å²) in [6.07, 6.45) is 6.10. The number of nitrogens with two attached hydrogens (primary N) is 1. The lowest BCUT2D eigenvalue weighted by Gasteiger charge is -2.18. The van der Waals surface area contributed by atoms with Gasteiger partial charge in [0, 0.05) is 12.2 Å². The standard InChI is InChI=1S/C11H21N3/c1-9(12)5-6-10-7-13-14(8-10)11(2,3)4/h7-9H,5-6,12H2,1-4H3. The van der Waals surface area contributed by atoms with Crippen molar-refractivity contribution in [1.82, 2.24) is 9.78 Å². The third kappa shape index (κ3) is 3.14. The predicted octanol–water partition coefficient (Wildman–Crippen LogP) is 1.92. The zero-order valence-corrected chi connectivity index (χ0v) is 9.62. The van der Waals surface area contributed by atoms with Crippen LogP contribution in [0.4, 0.5) is 0 Å². The average molecular weight is 195 g/mol. The molecule has 80 valence electrons. The molecular formula is C11H21N3.